The van der Waals surface area contributed by atoms with Crippen molar-refractivity contribution in [2.75, 3.05) is 0 Å². The summed E-state index contributed by atoms with van der Waals surface area (Å²) in [7, 11) is 0. The third-order valence-corrected chi connectivity index (χ3v) is 3.22. The highest BCUT2D eigenvalue weighted by atomic mass is 16.5. The van der Waals surface area contributed by atoms with Crippen LogP contribution in [0.5, 0.6) is 0 Å². The summed E-state index contributed by atoms with van der Waals surface area (Å²) in [6.07, 6.45) is 1.16. The number of Topliss-reactive ketones (excluding diaryl/α,β-unsaturated/α-hetero) is 1. The number of carbonyl (C=O) groups excluding carboxylic acids is 2. The van der Waals surface area contributed by atoms with Gasteiger partial charge in [-0.1, -0.05) is 20.8 Å². The predicted molar refractivity (Wildman–Crippen MR) is 57.3 cm³/mol. The fraction of sp³-hybridized carbons (Fsp3) is 0.833. The lowest BCUT2D eigenvalue weighted by Crippen LogP contribution is -2.39. The van der Waals surface area contributed by atoms with Crippen molar-refractivity contribution in [2.24, 2.45) is 17.8 Å². The van der Waals surface area contributed by atoms with Gasteiger partial charge in [0, 0.05) is 25.2 Å². The minimum atomic E-state index is -0.243. The second kappa shape index (κ2) is 4.77. The SMILES string of the molecule is CC(=O)O[C@@H]1C[C@@H](C)C(=O)C[C@@H]1C(C)C. The molecule has 15 heavy (non-hydrogen) atoms. The number of hydrogen-bond donors (Lipinski definition) is 0. The Morgan fingerprint density at radius 2 is 2.07 bits per heavy atom. The second-order valence-electron chi connectivity index (χ2n) is 4.86. The fourth-order valence-electron chi connectivity index (χ4n) is 2.23. The molecule has 0 aromatic heterocycles. The molecule has 0 heterocycles. The maximum Gasteiger partial charge on any atom is 0.302 e. The van der Waals surface area contributed by atoms with Crippen LogP contribution in [-0.2, 0) is 14.3 Å². The molecular formula is C12H20O3. The van der Waals surface area contributed by atoms with Crippen LogP contribution in [-0.4, -0.2) is 17.9 Å². The lowest BCUT2D eigenvalue weighted by molar-refractivity contribution is -0.156. The van der Waals surface area contributed by atoms with Gasteiger partial charge in [0.25, 0.3) is 0 Å². The van der Waals surface area contributed by atoms with Crippen LogP contribution in [0.4, 0.5) is 0 Å². The first-order valence-electron chi connectivity index (χ1n) is 5.61. The smallest absolute Gasteiger partial charge is 0.302 e. The highest BCUT2D eigenvalue weighted by Gasteiger charge is 2.37. The van der Waals surface area contributed by atoms with Crippen molar-refractivity contribution in [3.63, 3.8) is 0 Å². The van der Waals surface area contributed by atoms with Gasteiger partial charge in [-0.25, -0.2) is 0 Å². The lowest BCUT2D eigenvalue weighted by Gasteiger charge is -2.35. The monoisotopic (exact) mass is 212 g/mol. The van der Waals surface area contributed by atoms with Crippen LogP contribution in [0.1, 0.15) is 40.5 Å². The molecule has 1 aliphatic rings. The molecule has 3 heteroatoms. The Morgan fingerprint density at radius 1 is 1.47 bits per heavy atom. The van der Waals surface area contributed by atoms with Gasteiger partial charge in [-0.2, -0.15) is 0 Å². The van der Waals surface area contributed by atoms with Gasteiger partial charge in [-0.05, 0) is 12.3 Å². The highest BCUT2D eigenvalue weighted by Crippen LogP contribution is 2.33. The quantitative estimate of drug-likeness (QED) is 0.659. The van der Waals surface area contributed by atoms with Crippen molar-refractivity contribution in [3.05, 3.63) is 0 Å². The minimum Gasteiger partial charge on any atom is -0.462 e. The van der Waals surface area contributed by atoms with E-state index in [-0.39, 0.29) is 23.9 Å². The molecule has 3 atom stereocenters. The summed E-state index contributed by atoms with van der Waals surface area (Å²) in [4.78, 5) is 22.6. The second-order valence-corrected chi connectivity index (χ2v) is 4.86. The van der Waals surface area contributed by atoms with E-state index in [4.69, 9.17) is 4.74 Å². The summed E-state index contributed by atoms with van der Waals surface area (Å²) in [6, 6.07) is 0. The van der Waals surface area contributed by atoms with Gasteiger partial charge in [0.2, 0.25) is 0 Å². The van der Waals surface area contributed by atoms with Gasteiger partial charge in [0.1, 0.15) is 11.9 Å². The zero-order chi connectivity index (χ0) is 11.6. The summed E-state index contributed by atoms with van der Waals surface area (Å²) in [5.41, 5.74) is 0. The van der Waals surface area contributed by atoms with E-state index >= 15 is 0 Å². The molecule has 3 nitrogen and oxygen atoms in total. The van der Waals surface area contributed by atoms with E-state index in [2.05, 4.69) is 13.8 Å². The molecule has 0 saturated heterocycles. The summed E-state index contributed by atoms with van der Waals surface area (Å²) < 4.78 is 5.29. The minimum absolute atomic E-state index is 0.0318. The van der Waals surface area contributed by atoms with E-state index in [0.717, 1.165) is 0 Å². The summed E-state index contributed by atoms with van der Waals surface area (Å²) in [5.74, 6) is 0.664. The lowest BCUT2D eigenvalue weighted by atomic mass is 9.74. The molecule has 0 aliphatic heterocycles. The van der Waals surface area contributed by atoms with Gasteiger partial charge in [0.05, 0.1) is 0 Å². The third kappa shape index (κ3) is 3.05. The molecule has 0 aromatic carbocycles. The number of hydrogen-bond acceptors (Lipinski definition) is 3. The van der Waals surface area contributed by atoms with Crippen molar-refractivity contribution in [2.45, 2.75) is 46.6 Å². The molecule has 86 valence electrons. The van der Waals surface area contributed by atoms with Crippen LogP contribution in [0, 0.1) is 17.8 Å². The molecule has 0 amide bonds. The van der Waals surface area contributed by atoms with E-state index in [1.165, 1.54) is 6.92 Å². The number of carbonyl (C=O) groups is 2. The normalized spacial score (nSPS) is 31.8. The first-order chi connectivity index (χ1) is 6.91. The molecule has 0 radical (unpaired) electrons. The summed E-state index contributed by atoms with van der Waals surface area (Å²) >= 11 is 0. The van der Waals surface area contributed by atoms with Gasteiger partial charge < -0.3 is 4.74 Å². The number of rotatable bonds is 2. The van der Waals surface area contributed by atoms with Crippen molar-refractivity contribution in [3.8, 4) is 0 Å². The van der Waals surface area contributed by atoms with Crippen LogP contribution >= 0.6 is 0 Å². The maximum atomic E-state index is 11.6. The third-order valence-electron chi connectivity index (χ3n) is 3.22. The van der Waals surface area contributed by atoms with Gasteiger partial charge in [-0.3, -0.25) is 9.59 Å². The maximum absolute atomic E-state index is 11.6. The Bertz CT molecular complexity index is 258. The molecule has 0 bridgehead atoms. The molecule has 1 rings (SSSR count). The number of esters is 1. The van der Waals surface area contributed by atoms with Crippen molar-refractivity contribution in [1.82, 2.24) is 0 Å². The van der Waals surface area contributed by atoms with Gasteiger partial charge in [0.15, 0.2) is 0 Å². The van der Waals surface area contributed by atoms with Crippen LogP contribution in [0.15, 0.2) is 0 Å². The zero-order valence-corrected chi connectivity index (χ0v) is 9.95. The zero-order valence-electron chi connectivity index (χ0n) is 9.95. The van der Waals surface area contributed by atoms with Gasteiger partial charge in [-0.15, -0.1) is 0 Å². The Kier molecular flexibility index (Phi) is 3.89. The van der Waals surface area contributed by atoms with Crippen LogP contribution in [0.3, 0.4) is 0 Å². The van der Waals surface area contributed by atoms with Crippen molar-refractivity contribution in [1.29, 1.82) is 0 Å². The van der Waals surface area contributed by atoms with Gasteiger partial charge >= 0.3 is 5.97 Å². The van der Waals surface area contributed by atoms with E-state index < -0.39 is 0 Å². The summed E-state index contributed by atoms with van der Waals surface area (Å²) in [6.45, 7) is 7.49. The van der Waals surface area contributed by atoms with Crippen molar-refractivity contribution >= 4 is 11.8 Å². The van der Waals surface area contributed by atoms with E-state index in [1.54, 1.807) is 0 Å². The van der Waals surface area contributed by atoms with Crippen LogP contribution in [0.2, 0.25) is 0 Å². The molecule has 0 N–H and O–H groups in total. The largest absolute Gasteiger partial charge is 0.462 e. The molecule has 1 fully saturated rings. The average Bonchev–Trinajstić information content (AvgIpc) is 2.09. The van der Waals surface area contributed by atoms with E-state index in [1.807, 2.05) is 6.92 Å². The predicted octanol–water partition coefficient (Wildman–Crippen LogP) is 2.19. The molecule has 0 aromatic rings. The molecular weight excluding hydrogens is 192 g/mol. The Morgan fingerprint density at radius 3 is 2.53 bits per heavy atom. The molecule has 0 spiro atoms. The first-order valence-corrected chi connectivity index (χ1v) is 5.61. The molecule has 1 saturated carbocycles. The number of ether oxygens (including phenoxy) is 1. The number of ketones is 1. The first kappa shape index (κ1) is 12.2. The van der Waals surface area contributed by atoms with E-state index in [0.29, 0.717) is 24.5 Å². The van der Waals surface area contributed by atoms with Crippen molar-refractivity contribution < 1.29 is 14.3 Å². The summed E-state index contributed by atoms with van der Waals surface area (Å²) in [5, 5.41) is 0. The fourth-order valence-corrected chi connectivity index (χ4v) is 2.23. The van der Waals surface area contributed by atoms with Crippen LogP contribution in [0.25, 0.3) is 0 Å². The topological polar surface area (TPSA) is 43.4 Å². The van der Waals surface area contributed by atoms with E-state index in [9.17, 15) is 9.59 Å². The highest BCUT2D eigenvalue weighted by molar-refractivity contribution is 5.82. The van der Waals surface area contributed by atoms with Crippen LogP contribution < -0.4 is 0 Å². The Labute approximate surface area is 91.2 Å². The standard InChI is InChI=1S/C12H20O3/c1-7(2)10-6-11(14)8(3)5-12(10)15-9(4)13/h7-8,10,12H,5-6H2,1-4H3/t8-,10-,12-/m1/s1. The Balaban J connectivity index is 2.72. The average molecular weight is 212 g/mol. The molecule has 0 unspecified atom stereocenters. The Hall–Kier alpha value is -0.860. The molecule has 1 aliphatic carbocycles.